The van der Waals surface area contributed by atoms with Crippen molar-refractivity contribution in [1.29, 1.82) is 0 Å². The molecule has 0 fully saturated rings. The standard InChI is InChI=1S/C10H16N4O2/c11-13-9(15)4-2-1-3-7-14-8-12-6-5-10(14)16/h5-6,8H,1-4,7,11H2,(H,13,15). The van der Waals surface area contributed by atoms with Crippen LogP contribution in [0.15, 0.2) is 23.4 Å². The number of hydrazine groups is 1. The second kappa shape index (κ2) is 6.73. The normalized spacial score (nSPS) is 10.1. The quantitative estimate of drug-likeness (QED) is 0.303. The molecular formula is C10H16N4O2. The predicted octanol–water partition coefficient (Wildman–Crippen LogP) is -0.206. The lowest BCUT2D eigenvalue weighted by atomic mass is 10.2. The molecule has 0 aliphatic rings. The molecule has 0 aromatic carbocycles. The van der Waals surface area contributed by atoms with Crippen LogP contribution in [0.1, 0.15) is 25.7 Å². The van der Waals surface area contributed by atoms with Crippen LogP contribution in [-0.2, 0) is 11.3 Å². The largest absolute Gasteiger partial charge is 0.299 e. The third-order valence-corrected chi connectivity index (χ3v) is 2.26. The molecule has 0 spiro atoms. The molecule has 6 heteroatoms. The highest BCUT2D eigenvalue weighted by Crippen LogP contribution is 2.00. The summed E-state index contributed by atoms with van der Waals surface area (Å²) in [7, 11) is 0. The number of carbonyl (C=O) groups excluding carboxylic acids is 1. The number of aromatic nitrogens is 2. The van der Waals surface area contributed by atoms with Gasteiger partial charge < -0.3 is 0 Å². The number of carbonyl (C=O) groups is 1. The molecule has 1 amide bonds. The van der Waals surface area contributed by atoms with Crippen molar-refractivity contribution in [2.75, 3.05) is 0 Å². The van der Waals surface area contributed by atoms with E-state index in [1.165, 1.54) is 18.6 Å². The van der Waals surface area contributed by atoms with E-state index in [0.29, 0.717) is 13.0 Å². The summed E-state index contributed by atoms with van der Waals surface area (Å²) in [6, 6.07) is 1.43. The molecule has 0 atom stereocenters. The highest BCUT2D eigenvalue weighted by atomic mass is 16.2. The lowest BCUT2D eigenvalue weighted by molar-refractivity contribution is -0.121. The summed E-state index contributed by atoms with van der Waals surface area (Å²) in [4.78, 5) is 25.9. The molecule has 1 aromatic heterocycles. The second-order valence-electron chi connectivity index (χ2n) is 3.49. The Balaban J connectivity index is 2.19. The summed E-state index contributed by atoms with van der Waals surface area (Å²) in [5, 5.41) is 0. The highest BCUT2D eigenvalue weighted by Gasteiger charge is 1.98. The van der Waals surface area contributed by atoms with Crippen LogP contribution >= 0.6 is 0 Å². The van der Waals surface area contributed by atoms with Gasteiger partial charge >= 0.3 is 0 Å². The summed E-state index contributed by atoms with van der Waals surface area (Å²) in [6.07, 6.45) is 5.94. The van der Waals surface area contributed by atoms with Crippen LogP contribution in [0.5, 0.6) is 0 Å². The molecule has 16 heavy (non-hydrogen) atoms. The first kappa shape index (κ1) is 12.4. The first-order valence-electron chi connectivity index (χ1n) is 5.24. The van der Waals surface area contributed by atoms with Gasteiger partial charge in [-0.1, -0.05) is 6.42 Å². The Bertz CT molecular complexity index is 388. The molecule has 0 aliphatic heterocycles. The van der Waals surface area contributed by atoms with E-state index in [2.05, 4.69) is 10.4 Å². The van der Waals surface area contributed by atoms with Gasteiger partial charge in [0, 0.05) is 25.2 Å². The van der Waals surface area contributed by atoms with Crippen molar-refractivity contribution >= 4 is 5.91 Å². The molecule has 6 nitrogen and oxygen atoms in total. The Morgan fingerprint density at radius 3 is 2.94 bits per heavy atom. The zero-order valence-electron chi connectivity index (χ0n) is 9.06. The van der Waals surface area contributed by atoms with Gasteiger partial charge in [-0.05, 0) is 12.8 Å². The maximum atomic E-state index is 11.3. The van der Waals surface area contributed by atoms with Gasteiger partial charge in [-0.15, -0.1) is 0 Å². The molecule has 0 aliphatic carbocycles. The minimum Gasteiger partial charge on any atom is -0.299 e. The van der Waals surface area contributed by atoms with E-state index < -0.39 is 0 Å². The molecule has 3 N–H and O–H groups in total. The number of hydrogen-bond donors (Lipinski definition) is 2. The van der Waals surface area contributed by atoms with Crippen molar-refractivity contribution in [1.82, 2.24) is 15.0 Å². The van der Waals surface area contributed by atoms with E-state index in [-0.39, 0.29) is 11.5 Å². The van der Waals surface area contributed by atoms with E-state index in [1.54, 1.807) is 4.57 Å². The van der Waals surface area contributed by atoms with Crippen LogP contribution in [0.4, 0.5) is 0 Å². The number of hydrogen-bond acceptors (Lipinski definition) is 4. The van der Waals surface area contributed by atoms with Crippen molar-refractivity contribution in [2.45, 2.75) is 32.2 Å². The van der Waals surface area contributed by atoms with Crippen molar-refractivity contribution in [3.05, 3.63) is 28.9 Å². The van der Waals surface area contributed by atoms with Crippen molar-refractivity contribution < 1.29 is 4.79 Å². The highest BCUT2D eigenvalue weighted by molar-refractivity contribution is 5.74. The summed E-state index contributed by atoms with van der Waals surface area (Å²) in [6.45, 7) is 0.636. The number of nitrogens with one attached hydrogen (secondary N) is 1. The molecule has 0 radical (unpaired) electrons. The summed E-state index contributed by atoms with van der Waals surface area (Å²) in [5.74, 6) is 4.79. The lowest BCUT2D eigenvalue weighted by Crippen LogP contribution is -2.29. The van der Waals surface area contributed by atoms with Gasteiger partial charge in [-0.3, -0.25) is 19.6 Å². The molecule has 1 aromatic rings. The minimum atomic E-state index is -0.154. The van der Waals surface area contributed by atoms with Crippen molar-refractivity contribution in [2.24, 2.45) is 5.84 Å². The first-order chi connectivity index (χ1) is 7.74. The molecule has 0 saturated carbocycles. The van der Waals surface area contributed by atoms with Crippen LogP contribution in [0.3, 0.4) is 0 Å². The Morgan fingerprint density at radius 2 is 2.25 bits per heavy atom. The van der Waals surface area contributed by atoms with Gasteiger partial charge in [0.15, 0.2) is 0 Å². The fraction of sp³-hybridized carbons (Fsp3) is 0.500. The molecule has 1 heterocycles. The number of nitrogens with zero attached hydrogens (tertiary/aromatic N) is 2. The van der Waals surface area contributed by atoms with E-state index in [0.717, 1.165) is 19.3 Å². The predicted molar refractivity (Wildman–Crippen MR) is 59.3 cm³/mol. The number of amides is 1. The Labute approximate surface area is 93.5 Å². The number of rotatable bonds is 6. The SMILES string of the molecule is NNC(=O)CCCCCn1cnccc1=O. The fourth-order valence-corrected chi connectivity index (χ4v) is 1.36. The molecule has 1 rings (SSSR count). The lowest BCUT2D eigenvalue weighted by Gasteiger charge is -2.03. The maximum absolute atomic E-state index is 11.3. The van der Waals surface area contributed by atoms with Crippen molar-refractivity contribution in [3.63, 3.8) is 0 Å². The summed E-state index contributed by atoms with van der Waals surface area (Å²) < 4.78 is 1.56. The van der Waals surface area contributed by atoms with E-state index in [1.807, 2.05) is 0 Å². The van der Waals surface area contributed by atoms with Crippen LogP contribution < -0.4 is 16.8 Å². The third-order valence-electron chi connectivity index (χ3n) is 2.26. The van der Waals surface area contributed by atoms with Crippen LogP contribution in [0.25, 0.3) is 0 Å². The number of unbranched alkanes of at least 4 members (excludes halogenated alkanes) is 2. The zero-order chi connectivity index (χ0) is 11.8. The maximum Gasteiger partial charge on any atom is 0.253 e. The van der Waals surface area contributed by atoms with Gasteiger partial charge in [0.1, 0.15) is 0 Å². The molecule has 88 valence electrons. The molecular weight excluding hydrogens is 208 g/mol. The van der Waals surface area contributed by atoms with Crippen LogP contribution in [0, 0.1) is 0 Å². The summed E-state index contributed by atoms with van der Waals surface area (Å²) in [5.41, 5.74) is 2.03. The van der Waals surface area contributed by atoms with E-state index in [4.69, 9.17) is 5.84 Å². The van der Waals surface area contributed by atoms with Gasteiger partial charge in [-0.25, -0.2) is 10.8 Å². The average Bonchev–Trinajstić information content (AvgIpc) is 2.30. The number of nitrogens with two attached hydrogens (primary N) is 1. The monoisotopic (exact) mass is 224 g/mol. The van der Waals surface area contributed by atoms with Crippen LogP contribution in [-0.4, -0.2) is 15.5 Å². The molecule has 0 unspecified atom stereocenters. The van der Waals surface area contributed by atoms with Gasteiger partial charge in [0.05, 0.1) is 6.33 Å². The van der Waals surface area contributed by atoms with Gasteiger partial charge in [-0.2, -0.15) is 0 Å². The Kier molecular flexibility index (Phi) is 5.21. The third kappa shape index (κ3) is 4.22. The smallest absolute Gasteiger partial charge is 0.253 e. The van der Waals surface area contributed by atoms with E-state index >= 15 is 0 Å². The molecule has 0 bridgehead atoms. The average molecular weight is 224 g/mol. The summed E-state index contributed by atoms with van der Waals surface area (Å²) >= 11 is 0. The fourth-order valence-electron chi connectivity index (χ4n) is 1.36. The minimum absolute atomic E-state index is 0.0466. The number of aryl methyl sites for hydroxylation is 1. The Morgan fingerprint density at radius 1 is 1.44 bits per heavy atom. The topological polar surface area (TPSA) is 90.0 Å². The Hall–Kier alpha value is -1.69. The van der Waals surface area contributed by atoms with E-state index in [9.17, 15) is 9.59 Å². The zero-order valence-corrected chi connectivity index (χ0v) is 9.06. The first-order valence-corrected chi connectivity index (χ1v) is 5.24. The van der Waals surface area contributed by atoms with Gasteiger partial charge in [0.25, 0.3) is 5.56 Å². The molecule has 0 saturated heterocycles. The van der Waals surface area contributed by atoms with Gasteiger partial charge in [0.2, 0.25) is 5.91 Å². The second-order valence-corrected chi connectivity index (χ2v) is 3.49. The van der Waals surface area contributed by atoms with Crippen molar-refractivity contribution in [3.8, 4) is 0 Å². The van der Waals surface area contributed by atoms with Crippen LogP contribution in [0.2, 0.25) is 0 Å².